The van der Waals surface area contributed by atoms with Gasteiger partial charge in [-0.2, -0.15) is 0 Å². The number of benzene rings is 1. The second kappa shape index (κ2) is 6.09. The fraction of sp³-hybridized carbons (Fsp3) is 0.588. The molecule has 1 amide bonds. The molecule has 1 aromatic carbocycles. The number of amides is 1. The molecule has 1 saturated carbocycles. The van der Waals surface area contributed by atoms with Crippen LogP contribution in [0.4, 0.5) is 0 Å². The highest BCUT2D eigenvalue weighted by Gasteiger charge is 2.42. The third kappa shape index (κ3) is 2.88. The summed E-state index contributed by atoms with van der Waals surface area (Å²) >= 11 is 3.54. The molecule has 21 heavy (non-hydrogen) atoms. The number of hydrogen-bond donors (Lipinski definition) is 1. The zero-order valence-electron chi connectivity index (χ0n) is 12.6. The average molecular weight is 351 g/mol. The number of aryl methyl sites for hydroxylation is 1. The van der Waals surface area contributed by atoms with Crippen LogP contribution in [0, 0.1) is 6.92 Å². The summed E-state index contributed by atoms with van der Waals surface area (Å²) in [5.41, 5.74) is 2.02. The first-order valence-corrected chi connectivity index (χ1v) is 8.71. The maximum atomic E-state index is 13.0. The van der Waals surface area contributed by atoms with Crippen molar-refractivity contribution in [3.63, 3.8) is 0 Å². The van der Waals surface area contributed by atoms with E-state index in [0.717, 1.165) is 42.5 Å². The molecule has 114 valence electrons. The van der Waals surface area contributed by atoms with E-state index in [1.54, 1.807) is 0 Å². The molecule has 1 aliphatic carbocycles. The van der Waals surface area contributed by atoms with Crippen molar-refractivity contribution in [3.8, 4) is 0 Å². The molecule has 2 fully saturated rings. The summed E-state index contributed by atoms with van der Waals surface area (Å²) in [5.74, 6) is 0.194. The monoisotopic (exact) mass is 350 g/mol. The molecule has 1 saturated heterocycles. The van der Waals surface area contributed by atoms with E-state index in [-0.39, 0.29) is 11.4 Å². The van der Waals surface area contributed by atoms with Gasteiger partial charge in [-0.15, -0.1) is 0 Å². The third-order valence-electron chi connectivity index (χ3n) is 4.99. The van der Waals surface area contributed by atoms with Gasteiger partial charge in [-0.1, -0.05) is 41.3 Å². The summed E-state index contributed by atoms with van der Waals surface area (Å²) in [7, 11) is 0. The van der Waals surface area contributed by atoms with Gasteiger partial charge in [-0.3, -0.25) is 4.79 Å². The molecule has 0 aromatic heterocycles. The van der Waals surface area contributed by atoms with E-state index in [1.165, 1.54) is 24.8 Å². The number of hydrogen-bond acceptors (Lipinski definition) is 2. The molecular formula is C17H23BrN2O. The minimum atomic E-state index is 0.0466. The third-order valence-corrected chi connectivity index (χ3v) is 5.84. The zero-order valence-corrected chi connectivity index (χ0v) is 14.2. The Kier molecular flexibility index (Phi) is 4.36. The van der Waals surface area contributed by atoms with Crippen LogP contribution in [0.5, 0.6) is 0 Å². The van der Waals surface area contributed by atoms with E-state index >= 15 is 0 Å². The van der Waals surface area contributed by atoms with Crippen molar-refractivity contribution < 1.29 is 4.79 Å². The molecule has 0 unspecified atom stereocenters. The fourth-order valence-electron chi connectivity index (χ4n) is 3.70. The van der Waals surface area contributed by atoms with Crippen LogP contribution in [0.25, 0.3) is 0 Å². The molecule has 1 aromatic rings. The fourth-order valence-corrected chi connectivity index (χ4v) is 4.08. The van der Waals surface area contributed by atoms with Gasteiger partial charge in [0.1, 0.15) is 0 Å². The first-order valence-electron chi connectivity index (χ1n) is 7.91. The van der Waals surface area contributed by atoms with Gasteiger partial charge in [0.15, 0.2) is 0 Å². The van der Waals surface area contributed by atoms with E-state index in [1.807, 2.05) is 25.1 Å². The van der Waals surface area contributed by atoms with Gasteiger partial charge < -0.3 is 10.2 Å². The van der Waals surface area contributed by atoms with Crippen LogP contribution in [0.1, 0.15) is 48.0 Å². The molecule has 2 aliphatic rings. The van der Waals surface area contributed by atoms with Gasteiger partial charge in [-0.25, -0.2) is 0 Å². The molecule has 0 radical (unpaired) electrons. The Bertz CT molecular complexity index is 529. The van der Waals surface area contributed by atoms with Gasteiger partial charge in [0.2, 0.25) is 0 Å². The molecule has 1 heterocycles. The van der Waals surface area contributed by atoms with Crippen LogP contribution in [0.15, 0.2) is 22.7 Å². The topological polar surface area (TPSA) is 32.3 Å². The van der Waals surface area contributed by atoms with Crippen LogP contribution in [0.3, 0.4) is 0 Å². The minimum Gasteiger partial charge on any atom is -0.330 e. The van der Waals surface area contributed by atoms with Gasteiger partial charge >= 0.3 is 0 Å². The Morgan fingerprint density at radius 2 is 2.05 bits per heavy atom. The summed E-state index contributed by atoms with van der Waals surface area (Å²) in [5, 5.41) is 3.50. The minimum absolute atomic E-state index is 0.0466. The number of carbonyl (C=O) groups excluding carboxylic acids is 1. The highest BCUT2D eigenvalue weighted by molar-refractivity contribution is 9.10. The van der Waals surface area contributed by atoms with E-state index in [2.05, 4.69) is 26.1 Å². The Labute approximate surface area is 135 Å². The first-order chi connectivity index (χ1) is 10.1. The van der Waals surface area contributed by atoms with Crippen LogP contribution in [0.2, 0.25) is 0 Å². The Morgan fingerprint density at radius 3 is 2.76 bits per heavy atom. The van der Waals surface area contributed by atoms with Crippen molar-refractivity contribution >= 4 is 21.8 Å². The predicted molar refractivity (Wildman–Crippen MR) is 88.6 cm³/mol. The summed E-state index contributed by atoms with van der Waals surface area (Å²) in [6, 6.07) is 5.95. The number of halogens is 1. The van der Waals surface area contributed by atoms with Crippen molar-refractivity contribution in [2.24, 2.45) is 0 Å². The maximum absolute atomic E-state index is 13.0. The van der Waals surface area contributed by atoms with E-state index in [9.17, 15) is 4.79 Å². The standard InChI is InChI=1S/C17H23BrN2O/c1-13-5-6-14(11-15(13)18)16(21)20-10-9-19-12-17(20)7-3-2-4-8-17/h5-6,11,19H,2-4,7-10,12H2,1H3. The van der Waals surface area contributed by atoms with Crippen LogP contribution in [-0.2, 0) is 0 Å². The largest absolute Gasteiger partial charge is 0.330 e. The molecular weight excluding hydrogens is 328 g/mol. The van der Waals surface area contributed by atoms with E-state index in [0.29, 0.717) is 0 Å². The number of nitrogens with zero attached hydrogens (tertiary/aromatic N) is 1. The van der Waals surface area contributed by atoms with Gasteiger partial charge in [0.05, 0.1) is 5.54 Å². The Morgan fingerprint density at radius 1 is 1.29 bits per heavy atom. The second-order valence-corrected chi connectivity index (χ2v) is 7.24. The van der Waals surface area contributed by atoms with E-state index in [4.69, 9.17) is 0 Å². The summed E-state index contributed by atoms with van der Waals surface area (Å²) in [6.07, 6.45) is 6.06. The molecule has 1 aliphatic heterocycles. The lowest BCUT2D eigenvalue weighted by Crippen LogP contribution is -2.63. The lowest BCUT2D eigenvalue weighted by molar-refractivity contribution is 0.0222. The van der Waals surface area contributed by atoms with Gasteiger partial charge in [0, 0.05) is 29.7 Å². The average Bonchev–Trinajstić information content (AvgIpc) is 2.51. The van der Waals surface area contributed by atoms with E-state index < -0.39 is 0 Å². The quantitative estimate of drug-likeness (QED) is 0.840. The zero-order chi connectivity index (χ0) is 14.9. The maximum Gasteiger partial charge on any atom is 0.254 e. The van der Waals surface area contributed by atoms with Crippen molar-refractivity contribution in [2.75, 3.05) is 19.6 Å². The predicted octanol–water partition coefficient (Wildman–Crippen LogP) is 3.51. The highest BCUT2D eigenvalue weighted by atomic mass is 79.9. The first kappa shape index (κ1) is 15.0. The number of piperazine rings is 1. The van der Waals surface area contributed by atoms with Gasteiger partial charge in [-0.05, 0) is 37.5 Å². The summed E-state index contributed by atoms with van der Waals surface area (Å²) in [4.78, 5) is 15.2. The summed E-state index contributed by atoms with van der Waals surface area (Å²) < 4.78 is 1.01. The smallest absolute Gasteiger partial charge is 0.254 e. The Balaban J connectivity index is 1.88. The molecule has 0 bridgehead atoms. The lowest BCUT2D eigenvalue weighted by atomic mass is 9.78. The molecule has 3 rings (SSSR count). The van der Waals surface area contributed by atoms with Crippen molar-refractivity contribution in [1.29, 1.82) is 0 Å². The summed E-state index contributed by atoms with van der Waals surface area (Å²) in [6.45, 7) is 4.72. The van der Waals surface area contributed by atoms with Crippen molar-refractivity contribution in [2.45, 2.75) is 44.6 Å². The molecule has 3 nitrogen and oxygen atoms in total. The van der Waals surface area contributed by atoms with Crippen molar-refractivity contribution in [3.05, 3.63) is 33.8 Å². The Hall–Kier alpha value is -0.870. The highest BCUT2D eigenvalue weighted by Crippen LogP contribution is 2.35. The molecule has 0 atom stereocenters. The molecule has 4 heteroatoms. The molecule has 1 spiro atoms. The van der Waals surface area contributed by atoms with Crippen LogP contribution < -0.4 is 5.32 Å². The SMILES string of the molecule is Cc1ccc(C(=O)N2CCNCC23CCCCC3)cc1Br. The van der Waals surface area contributed by atoms with Gasteiger partial charge in [0.25, 0.3) is 5.91 Å². The second-order valence-electron chi connectivity index (χ2n) is 6.38. The van der Waals surface area contributed by atoms with Crippen LogP contribution in [-0.4, -0.2) is 36.0 Å². The molecule has 1 N–H and O–H groups in total. The number of nitrogens with one attached hydrogen (secondary N) is 1. The lowest BCUT2D eigenvalue weighted by Gasteiger charge is -2.49. The number of carbonyl (C=O) groups is 1. The number of rotatable bonds is 1. The normalized spacial score (nSPS) is 21.5. The van der Waals surface area contributed by atoms with Crippen LogP contribution >= 0.6 is 15.9 Å². The van der Waals surface area contributed by atoms with Crippen molar-refractivity contribution in [1.82, 2.24) is 10.2 Å².